The first-order valence-corrected chi connectivity index (χ1v) is 45.6. The Labute approximate surface area is 582 Å². The van der Waals surface area contributed by atoms with Gasteiger partial charge < -0.3 is 0 Å². The fraction of sp³-hybridized carbons (Fsp3) is 0.243. The third-order valence-electron chi connectivity index (χ3n) is 16.4. The van der Waals surface area contributed by atoms with Gasteiger partial charge >= 0.3 is 0 Å². The number of aryl methyl sites for hydroxylation is 4. The number of hydrogen-bond donors (Lipinski definition) is 0. The Kier molecular flexibility index (Phi) is 19.6. The smallest absolute Gasteiger partial charge is 0.137 e. The summed E-state index contributed by atoms with van der Waals surface area (Å²) >= 11 is 27.4. The highest BCUT2D eigenvalue weighted by molar-refractivity contribution is 7.40. The maximum Gasteiger partial charge on any atom is 0.137 e. The summed E-state index contributed by atoms with van der Waals surface area (Å²) in [6.07, 6.45) is 14.3. The summed E-state index contributed by atoms with van der Waals surface area (Å²) in [6.45, 7) is 14.3. The van der Waals surface area contributed by atoms with Crippen LogP contribution in [0.4, 0.5) is 0 Å². The third-order valence-corrected chi connectivity index (χ3v) is 39.9. The van der Waals surface area contributed by atoms with Gasteiger partial charge in [0.15, 0.2) is 0 Å². The van der Waals surface area contributed by atoms with E-state index in [0.29, 0.717) is 0 Å². The fourth-order valence-corrected chi connectivity index (χ4v) is 31.4. The molecule has 0 aliphatic heterocycles. The fourth-order valence-electron chi connectivity index (χ4n) is 11.4. The quantitative estimate of drug-likeness (QED) is 0.0474. The van der Waals surface area contributed by atoms with Gasteiger partial charge in [-0.25, -0.2) is 0 Å². The van der Waals surface area contributed by atoms with E-state index in [1.54, 1.807) is 9.00 Å². The van der Waals surface area contributed by atoms with Crippen LogP contribution in [0.15, 0.2) is 156 Å². The van der Waals surface area contributed by atoms with Crippen molar-refractivity contribution in [3.63, 3.8) is 0 Å². The zero-order valence-corrected chi connectivity index (χ0v) is 63.1. The molecular formula is C74H68S14Si. The third kappa shape index (κ3) is 13.3. The van der Waals surface area contributed by atoms with E-state index in [2.05, 4.69) is 197 Å². The first kappa shape index (κ1) is 62.5. The van der Waals surface area contributed by atoms with Gasteiger partial charge in [0.05, 0.1) is 0 Å². The molecule has 14 rings (SSSR count). The molecule has 452 valence electrons. The van der Waals surface area contributed by atoms with Crippen LogP contribution in [-0.2, 0) is 25.7 Å². The Morgan fingerprint density at radius 2 is 0.472 bits per heavy atom. The highest BCUT2D eigenvalue weighted by Gasteiger charge is 2.31. The van der Waals surface area contributed by atoms with Crippen LogP contribution in [0.25, 0.3) is 117 Å². The molecule has 0 aliphatic rings. The first-order chi connectivity index (χ1) is 43.6. The number of hydrogen-bond acceptors (Lipinski definition) is 14. The molecule has 89 heavy (non-hydrogen) atoms. The minimum absolute atomic E-state index is 1.12. The normalized spacial score (nSPS) is 12.0. The summed E-state index contributed by atoms with van der Waals surface area (Å²) in [4.78, 5) is 33.4. The summed E-state index contributed by atoms with van der Waals surface area (Å²) in [6, 6.07) is 57.2. The van der Waals surface area contributed by atoms with Crippen molar-refractivity contribution in [2.75, 3.05) is 0 Å². The van der Waals surface area contributed by atoms with Gasteiger partial charge in [0.25, 0.3) is 0 Å². The van der Waals surface area contributed by atoms with Gasteiger partial charge in [0, 0.05) is 117 Å². The van der Waals surface area contributed by atoms with Crippen LogP contribution >= 0.6 is 159 Å². The SMILES string of the molecule is CCCCc1ccsc1-c1ccc(-c2ccc(-c3ccc(-c4sc(-c5ccc(-c6ccc([Si](C)(C)c7ccc(-c8ccc(-c9cc(CCCC)c(-c%10ccc(-c%11ccc(-c%12ccc(-c%13sccc%13CCCC)s%12)s%11)s%10)s9)s8)s7)s6)s5)cc4CCCC)s3)s2)s1. The second-order valence-corrected chi connectivity index (χ2v) is 43.0. The Bertz CT molecular complexity index is 4350. The largest absolute Gasteiger partial charge is 0.144 e. The predicted octanol–water partition coefficient (Wildman–Crippen LogP) is 28.7. The summed E-state index contributed by atoms with van der Waals surface area (Å²) in [7, 11) is -1.96. The molecule has 0 spiro atoms. The van der Waals surface area contributed by atoms with Gasteiger partial charge in [-0.1, -0.05) is 78.6 Å². The van der Waals surface area contributed by atoms with Crippen molar-refractivity contribution < 1.29 is 0 Å². The average Bonchev–Trinajstić information content (AvgIpc) is 1.87. The van der Waals surface area contributed by atoms with E-state index in [-0.39, 0.29) is 0 Å². The van der Waals surface area contributed by atoms with Crippen molar-refractivity contribution in [2.24, 2.45) is 0 Å². The molecule has 0 fully saturated rings. The first-order valence-electron chi connectivity index (χ1n) is 31.0. The molecule has 0 saturated carbocycles. The molecule has 0 bridgehead atoms. The summed E-state index contributed by atoms with van der Waals surface area (Å²) < 4.78 is 3.10. The van der Waals surface area contributed by atoms with E-state index in [1.807, 2.05) is 159 Å². The predicted molar refractivity (Wildman–Crippen MR) is 420 cm³/mol. The lowest BCUT2D eigenvalue weighted by Crippen LogP contribution is -2.49. The molecule has 0 unspecified atom stereocenters. The van der Waals surface area contributed by atoms with E-state index in [1.165, 1.54) is 204 Å². The highest BCUT2D eigenvalue weighted by atomic mass is 32.2. The van der Waals surface area contributed by atoms with Crippen molar-refractivity contribution in [2.45, 2.75) is 118 Å². The molecule has 14 heterocycles. The van der Waals surface area contributed by atoms with Gasteiger partial charge in [0.1, 0.15) is 8.07 Å². The number of rotatable bonds is 26. The Morgan fingerprint density at radius 3 is 0.775 bits per heavy atom. The van der Waals surface area contributed by atoms with Gasteiger partial charge in [0.2, 0.25) is 0 Å². The van der Waals surface area contributed by atoms with Crippen molar-refractivity contribution >= 4 is 176 Å². The Hall–Kier alpha value is -3.98. The number of unbranched alkanes of at least 4 members (excludes halogenated alkanes) is 4. The van der Waals surface area contributed by atoms with E-state index in [0.717, 1.165) is 12.8 Å². The zero-order chi connectivity index (χ0) is 60.6. The van der Waals surface area contributed by atoms with Crippen molar-refractivity contribution in [3.05, 3.63) is 179 Å². The molecule has 0 saturated heterocycles. The lowest BCUT2D eigenvalue weighted by atomic mass is 10.1. The second kappa shape index (κ2) is 27.9. The van der Waals surface area contributed by atoms with Crippen LogP contribution in [0.3, 0.4) is 0 Å². The van der Waals surface area contributed by atoms with Crippen LogP contribution in [0.2, 0.25) is 13.1 Å². The second-order valence-electron chi connectivity index (χ2n) is 23.2. The minimum Gasteiger partial charge on any atom is -0.144 e. The average molecular weight is 1430 g/mol. The van der Waals surface area contributed by atoms with Gasteiger partial charge in [-0.2, -0.15) is 0 Å². The molecule has 0 radical (unpaired) electrons. The van der Waals surface area contributed by atoms with Gasteiger partial charge in [-0.15, -0.1) is 159 Å². The summed E-state index contributed by atoms with van der Waals surface area (Å²) in [5.74, 6) is 0. The molecule has 0 amide bonds. The maximum atomic E-state index is 2.55. The number of thiophene rings is 14. The van der Waals surface area contributed by atoms with E-state index in [4.69, 9.17) is 0 Å². The molecule has 15 heteroatoms. The molecule has 14 aromatic heterocycles. The molecular weight excluding hydrogens is 1370 g/mol. The van der Waals surface area contributed by atoms with Crippen LogP contribution in [0, 0.1) is 0 Å². The standard InChI is InChI=1S/C74H68S14Si/c1-7-11-15-45-39-41-75-71(45)63-31-27-53(81-63)49-19-21-51(77-49)55-29-33-65(83-55)73-47(17-13-9-3)43-67(87-73)61-25-23-57(79-61)59-35-37-69(85-59)89(5,6)70-38-36-60(86-70)58-24-26-62(80-58)68-44-48(18-14-10-4)74(88-68)66-34-30-56(84-66)52-22-20-50(78-52)54-28-32-64(82-54)72-46(16-12-8-2)40-42-76-72/h19-44H,7-18H2,1-6H3. The zero-order valence-electron chi connectivity index (χ0n) is 50.7. The highest BCUT2D eigenvalue weighted by Crippen LogP contribution is 2.52. The summed E-state index contributed by atoms with van der Waals surface area (Å²) in [5, 5.41) is 4.53. The topological polar surface area (TPSA) is 0 Å². The Morgan fingerprint density at radius 1 is 0.236 bits per heavy atom. The van der Waals surface area contributed by atoms with Crippen LogP contribution < -0.4 is 9.00 Å². The molecule has 0 aromatic carbocycles. The van der Waals surface area contributed by atoms with Gasteiger partial charge in [-0.3, -0.25) is 0 Å². The lowest BCUT2D eigenvalue weighted by Gasteiger charge is -2.18. The Balaban J connectivity index is 0.644. The van der Waals surface area contributed by atoms with Crippen molar-refractivity contribution in [3.8, 4) is 117 Å². The molecule has 0 aliphatic carbocycles. The van der Waals surface area contributed by atoms with Crippen LogP contribution in [0.1, 0.15) is 101 Å². The minimum atomic E-state index is -1.96. The molecule has 0 N–H and O–H groups in total. The summed E-state index contributed by atoms with van der Waals surface area (Å²) in [5.41, 5.74) is 6.01. The van der Waals surface area contributed by atoms with E-state index < -0.39 is 8.07 Å². The monoisotopic (exact) mass is 1430 g/mol. The lowest BCUT2D eigenvalue weighted by molar-refractivity contribution is 0.798. The van der Waals surface area contributed by atoms with Crippen LogP contribution in [-0.4, -0.2) is 8.07 Å². The van der Waals surface area contributed by atoms with Crippen molar-refractivity contribution in [1.29, 1.82) is 0 Å². The van der Waals surface area contributed by atoms with Crippen molar-refractivity contribution in [1.82, 2.24) is 0 Å². The molecule has 0 atom stereocenters. The van der Waals surface area contributed by atoms with E-state index in [9.17, 15) is 0 Å². The molecule has 14 aromatic rings. The van der Waals surface area contributed by atoms with Gasteiger partial charge in [-0.05, 0) is 227 Å². The molecule has 0 nitrogen and oxygen atoms in total. The van der Waals surface area contributed by atoms with Crippen LogP contribution in [0.5, 0.6) is 0 Å². The van der Waals surface area contributed by atoms with E-state index >= 15 is 0 Å². The maximum absolute atomic E-state index is 2.55.